The number of benzene rings is 2. The van der Waals surface area contributed by atoms with Crippen molar-refractivity contribution in [1.82, 2.24) is 10.3 Å². The average molecular weight is 428 g/mol. The normalized spacial score (nSPS) is 10.4. The van der Waals surface area contributed by atoms with E-state index in [2.05, 4.69) is 60.4 Å². The van der Waals surface area contributed by atoms with E-state index in [4.69, 9.17) is 11.4 Å². The number of anilines is 1. The number of thiophene rings is 1. The van der Waals surface area contributed by atoms with Crippen molar-refractivity contribution in [3.8, 4) is 23.6 Å². The zero-order chi connectivity index (χ0) is 22.4. The zero-order valence-corrected chi connectivity index (χ0v) is 19.5. The van der Waals surface area contributed by atoms with Crippen LogP contribution in [0.2, 0.25) is 0 Å². The number of hydrogen-bond acceptors (Lipinski definition) is 4. The Labute approximate surface area is 189 Å². The molecule has 2 aromatic heterocycles. The smallest absolute Gasteiger partial charge is 0.0717 e. The molecule has 0 aliphatic rings. The Bertz CT molecular complexity index is 1260. The molecule has 0 atom stereocenters. The molecule has 0 amide bonds. The lowest BCUT2D eigenvalue weighted by Crippen LogP contribution is -2.17. The van der Waals surface area contributed by atoms with Crippen LogP contribution in [0.3, 0.4) is 0 Å². The Balaban J connectivity index is 0.00000132. The molecular formula is C27H29N3S. The van der Waals surface area contributed by atoms with E-state index in [-0.39, 0.29) is 0 Å². The van der Waals surface area contributed by atoms with Gasteiger partial charge < -0.3 is 10.6 Å². The summed E-state index contributed by atoms with van der Waals surface area (Å²) in [5.74, 6) is 2.73. The second kappa shape index (κ2) is 10.3. The first-order chi connectivity index (χ1) is 15.1. The minimum Gasteiger partial charge on any atom is -0.382 e. The van der Waals surface area contributed by atoms with E-state index in [1.165, 1.54) is 10.1 Å². The molecule has 0 unspecified atom stereocenters. The quantitative estimate of drug-likeness (QED) is 0.265. The SMILES string of the molecule is C#Cc1cc(C)cc(-c2ccc3c(ccc4sc(C=C)c(NCCNC)c43)n2)c1.CC. The standard InChI is InChI=1S/C25H23N3S.C2H6/c1-5-17-13-16(3)14-18(15-17)20-8-7-19-21(28-20)9-10-23-24(19)25(22(6-2)29-23)27-12-11-26-4;1-2/h1,6-10,13-15,26-27H,2,11-12H2,3-4H3;1-2H3. The van der Waals surface area contributed by atoms with Crippen LogP contribution in [0.5, 0.6) is 0 Å². The first-order valence-corrected chi connectivity index (χ1v) is 11.4. The minimum absolute atomic E-state index is 0.850. The predicted molar refractivity (Wildman–Crippen MR) is 139 cm³/mol. The van der Waals surface area contributed by atoms with Crippen LogP contribution in [0.4, 0.5) is 5.69 Å². The number of nitrogens with zero attached hydrogens (tertiary/aromatic N) is 1. The monoisotopic (exact) mass is 427 g/mol. The van der Waals surface area contributed by atoms with Crippen molar-refractivity contribution in [1.29, 1.82) is 0 Å². The van der Waals surface area contributed by atoms with Crippen LogP contribution in [0.15, 0.2) is 49.0 Å². The second-order valence-corrected chi connectivity index (χ2v) is 8.09. The molecule has 31 heavy (non-hydrogen) atoms. The van der Waals surface area contributed by atoms with Gasteiger partial charge in [0, 0.05) is 39.7 Å². The number of aryl methyl sites for hydroxylation is 1. The molecule has 0 aliphatic heterocycles. The Morgan fingerprint density at radius 3 is 2.65 bits per heavy atom. The summed E-state index contributed by atoms with van der Waals surface area (Å²) in [4.78, 5) is 6.11. The highest BCUT2D eigenvalue weighted by Gasteiger charge is 2.14. The number of likely N-dealkylation sites (N-methyl/N-ethyl adjacent to an activating group) is 1. The van der Waals surface area contributed by atoms with Gasteiger partial charge in [0.15, 0.2) is 0 Å². The van der Waals surface area contributed by atoms with Crippen LogP contribution in [0.1, 0.15) is 29.9 Å². The fourth-order valence-corrected chi connectivity index (χ4v) is 4.67. The van der Waals surface area contributed by atoms with Gasteiger partial charge in [0.25, 0.3) is 0 Å². The molecule has 0 saturated heterocycles. The highest BCUT2D eigenvalue weighted by molar-refractivity contribution is 7.20. The molecule has 2 N–H and O–H groups in total. The summed E-state index contributed by atoms with van der Waals surface area (Å²) in [6.07, 6.45) is 7.54. The van der Waals surface area contributed by atoms with Crippen molar-refractivity contribution in [2.24, 2.45) is 0 Å². The summed E-state index contributed by atoms with van der Waals surface area (Å²) in [5, 5.41) is 9.12. The van der Waals surface area contributed by atoms with Gasteiger partial charge in [0.1, 0.15) is 0 Å². The Morgan fingerprint density at radius 2 is 1.94 bits per heavy atom. The average Bonchev–Trinajstić information content (AvgIpc) is 3.18. The highest BCUT2D eigenvalue weighted by Crippen LogP contribution is 2.41. The number of rotatable bonds is 6. The van der Waals surface area contributed by atoms with Crippen molar-refractivity contribution in [2.45, 2.75) is 20.8 Å². The molecule has 0 spiro atoms. The van der Waals surface area contributed by atoms with E-state index in [1.54, 1.807) is 11.3 Å². The van der Waals surface area contributed by atoms with E-state index in [0.29, 0.717) is 0 Å². The maximum atomic E-state index is 5.61. The topological polar surface area (TPSA) is 37.0 Å². The van der Waals surface area contributed by atoms with Crippen LogP contribution in [-0.2, 0) is 0 Å². The summed E-state index contributed by atoms with van der Waals surface area (Å²) in [7, 11) is 1.96. The van der Waals surface area contributed by atoms with E-state index >= 15 is 0 Å². The lowest BCUT2D eigenvalue weighted by molar-refractivity contribution is 0.824. The van der Waals surface area contributed by atoms with Gasteiger partial charge in [0.2, 0.25) is 0 Å². The van der Waals surface area contributed by atoms with Gasteiger partial charge >= 0.3 is 0 Å². The molecule has 2 aromatic carbocycles. The lowest BCUT2D eigenvalue weighted by atomic mass is 10.0. The first kappa shape index (κ1) is 22.6. The number of nitrogens with one attached hydrogen (secondary N) is 2. The predicted octanol–water partition coefficient (Wildman–Crippen LogP) is 6.71. The van der Waals surface area contributed by atoms with Crippen LogP contribution in [0, 0.1) is 19.3 Å². The van der Waals surface area contributed by atoms with Gasteiger partial charge in [-0.2, -0.15) is 0 Å². The van der Waals surface area contributed by atoms with E-state index in [9.17, 15) is 0 Å². The van der Waals surface area contributed by atoms with E-state index < -0.39 is 0 Å². The van der Waals surface area contributed by atoms with E-state index in [1.807, 2.05) is 39.1 Å². The van der Waals surface area contributed by atoms with Crippen molar-refractivity contribution in [3.05, 3.63) is 65.0 Å². The molecule has 0 fully saturated rings. The fourth-order valence-electron chi connectivity index (χ4n) is 3.63. The molecule has 4 heteroatoms. The molecule has 0 saturated carbocycles. The van der Waals surface area contributed by atoms with Gasteiger partial charge in [-0.3, -0.25) is 0 Å². The fraction of sp³-hybridized carbons (Fsp3) is 0.222. The lowest BCUT2D eigenvalue weighted by Gasteiger charge is -2.10. The van der Waals surface area contributed by atoms with Gasteiger partial charge in [-0.25, -0.2) is 4.98 Å². The number of pyridine rings is 1. The number of hydrogen-bond donors (Lipinski definition) is 2. The van der Waals surface area contributed by atoms with Crippen molar-refractivity contribution >= 4 is 44.1 Å². The molecule has 4 aromatic rings. The third kappa shape index (κ3) is 4.64. The molecule has 2 heterocycles. The Morgan fingerprint density at radius 1 is 1.13 bits per heavy atom. The maximum Gasteiger partial charge on any atom is 0.0717 e. The van der Waals surface area contributed by atoms with Crippen molar-refractivity contribution in [2.75, 3.05) is 25.5 Å². The number of aromatic nitrogens is 1. The number of fused-ring (bicyclic) bond motifs is 3. The molecule has 4 rings (SSSR count). The molecule has 0 bridgehead atoms. The Kier molecular flexibility index (Phi) is 7.46. The van der Waals surface area contributed by atoms with Crippen molar-refractivity contribution < 1.29 is 0 Å². The molecular weight excluding hydrogens is 398 g/mol. The summed E-state index contributed by atoms with van der Waals surface area (Å²) in [6, 6.07) is 14.7. The maximum absolute atomic E-state index is 5.61. The minimum atomic E-state index is 0.850. The van der Waals surface area contributed by atoms with Crippen LogP contribution in [0.25, 0.3) is 38.3 Å². The molecule has 158 valence electrons. The van der Waals surface area contributed by atoms with Crippen LogP contribution in [-0.4, -0.2) is 25.1 Å². The second-order valence-electron chi connectivity index (χ2n) is 7.01. The first-order valence-electron chi connectivity index (χ1n) is 10.6. The molecule has 0 aliphatic carbocycles. The summed E-state index contributed by atoms with van der Waals surface area (Å²) in [6.45, 7) is 11.8. The summed E-state index contributed by atoms with van der Waals surface area (Å²) >= 11 is 1.75. The van der Waals surface area contributed by atoms with Gasteiger partial charge in [0.05, 0.1) is 21.8 Å². The van der Waals surface area contributed by atoms with E-state index in [0.717, 1.165) is 56.9 Å². The molecule has 3 nitrogen and oxygen atoms in total. The third-order valence-electron chi connectivity index (χ3n) is 4.95. The van der Waals surface area contributed by atoms with Gasteiger partial charge in [-0.05, 0) is 62.0 Å². The van der Waals surface area contributed by atoms with Crippen LogP contribution >= 0.6 is 11.3 Å². The van der Waals surface area contributed by atoms with Crippen molar-refractivity contribution in [3.63, 3.8) is 0 Å². The summed E-state index contributed by atoms with van der Waals surface area (Å²) in [5.41, 5.74) is 6.11. The zero-order valence-electron chi connectivity index (χ0n) is 18.7. The highest BCUT2D eigenvalue weighted by atomic mass is 32.1. The third-order valence-corrected chi connectivity index (χ3v) is 6.10. The number of terminal acetylenes is 1. The largest absolute Gasteiger partial charge is 0.382 e. The molecule has 0 radical (unpaired) electrons. The van der Waals surface area contributed by atoms with Crippen LogP contribution < -0.4 is 10.6 Å². The Hall–Kier alpha value is -3.13. The van der Waals surface area contributed by atoms with Gasteiger partial charge in [-0.1, -0.05) is 32.4 Å². The van der Waals surface area contributed by atoms with Gasteiger partial charge in [-0.15, -0.1) is 17.8 Å². The summed E-state index contributed by atoms with van der Waals surface area (Å²) < 4.78 is 1.24.